The van der Waals surface area contributed by atoms with Crippen LogP contribution in [0.1, 0.15) is 41.6 Å². The van der Waals surface area contributed by atoms with Gasteiger partial charge in [0.25, 0.3) is 5.91 Å². The Labute approximate surface area is 161 Å². The Morgan fingerprint density at radius 2 is 1.93 bits per heavy atom. The van der Waals surface area contributed by atoms with E-state index in [9.17, 15) is 4.79 Å². The number of pyridine rings is 1. The Morgan fingerprint density at radius 1 is 1.07 bits per heavy atom. The fourth-order valence-electron chi connectivity index (χ4n) is 3.62. The van der Waals surface area contributed by atoms with Gasteiger partial charge in [-0.25, -0.2) is 0 Å². The summed E-state index contributed by atoms with van der Waals surface area (Å²) in [6.07, 6.45) is 6.10. The maximum atomic E-state index is 13.2. The number of aromatic nitrogens is 3. The van der Waals surface area contributed by atoms with Gasteiger partial charge in [-0.05, 0) is 49.6 Å². The molecule has 8 heteroatoms. The van der Waals surface area contributed by atoms with Gasteiger partial charge in [-0.15, -0.1) is 0 Å². The quantitative estimate of drug-likeness (QED) is 0.691. The number of carbonyl (C=O) groups is 1. The molecular weight excluding hydrogens is 360 g/mol. The van der Waals surface area contributed by atoms with Crippen LogP contribution in [0.2, 0.25) is 0 Å². The summed E-state index contributed by atoms with van der Waals surface area (Å²) < 4.78 is 16.3. The Morgan fingerprint density at radius 3 is 2.82 bits per heavy atom. The number of hydrogen-bond acceptors (Lipinski definition) is 7. The average molecular weight is 378 g/mol. The van der Waals surface area contributed by atoms with E-state index in [0.717, 1.165) is 24.8 Å². The van der Waals surface area contributed by atoms with Crippen molar-refractivity contribution >= 4 is 5.91 Å². The molecule has 8 nitrogen and oxygen atoms in total. The van der Waals surface area contributed by atoms with Crippen LogP contribution in [-0.2, 0) is 0 Å². The highest BCUT2D eigenvalue weighted by Crippen LogP contribution is 2.36. The van der Waals surface area contributed by atoms with Crippen molar-refractivity contribution in [2.45, 2.75) is 25.3 Å². The molecule has 3 aromatic rings. The molecule has 0 spiro atoms. The second kappa shape index (κ2) is 6.95. The van der Waals surface area contributed by atoms with E-state index in [4.69, 9.17) is 14.0 Å². The summed E-state index contributed by atoms with van der Waals surface area (Å²) in [4.78, 5) is 23.5. The summed E-state index contributed by atoms with van der Waals surface area (Å²) in [5.41, 5.74) is 1.39. The summed E-state index contributed by atoms with van der Waals surface area (Å²) in [6, 6.07) is 8.66. The van der Waals surface area contributed by atoms with Crippen LogP contribution < -0.4 is 9.47 Å². The third-order valence-corrected chi connectivity index (χ3v) is 5.05. The number of ether oxygens (including phenoxy) is 2. The summed E-state index contributed by atoms with van der Waals surface area (Å²) in [7, 11) is 0. The molecule has 0 bridgehead atoms. The molecule has 1 unspecified atom stereocenters. The predicted molar refractivity (Wildman–Crippen MR) is 97.7 cm³/mol. The first kappa shape index (κ1) is 16.7. The molecule has 2 aliphatic rings. The molecule has 1 aromatic carbocycles. The highest BCUT2D eigenvalue weighted by molar-refractivity contribution is 5.95. The van der Waals surface area contributed by atoms with E-state index in [-0.39, 0.29) is 18.7 Å². The van der Waals surface area contributed by atoms with Crippen LogP contribution >= 0.6 is 0 Å². The molecule has 1 fully saturated rings. The first-order valence-corrected chi connectivity index (χ1v) is 9.24. The average Bonchev–Trinajstić information content (AvgIpc) is 3.43. The summed E-state index contributed by atoms with van der Waals surface area (Å²) in [5, 5.41) is 4.09. The van der Waals surface area contributed by atoms with Gasteiger partial charge in [0.05, 0.1) is 0 Å². The molecule has 0 saturated carbocycles. The Balaban J connectivity index is 1.42. The molecule has 1 saturated heterocycles. The van der Waals surface area contributed by atoms with E-state index in [1.807, 2.05) is 17.0 Å². The lowest BCUT2D eigenvalue weighted by Gasteiger charge is -2.33. The van der Waals surface area contributed by atoms with Crippen LogP contribution in [0.5, 0.6) is 11.5 Å². The molecule has 1 amide bonds. The number of carbonyl (C=O) groups excluding carboxylic acids is 1. The molecule has 5 rings (SSSR count). The van der Waals surface area contributed by atoms with Crippen molar-refractivity contribution in [2.24, 2.45) is 0 Å². The fraction of sp³-hybridized carbons (Fsp3) is 0.300. The number of piperidine rings is 1. The Bertz CT molecular complexity index is 1000. The molecule has 0 N–H and O–H groups in total. The Kier molecular flexibility index (Phi) is 4.16. The summed E-state index contributed by atoms with van der Waals surface area (Å²) in [6.45, 7) is 0.823. The lowest BCUT2D eigenvalue weighted by Crippen LogP contribution is -2.38. The Hall–Kier alpha value is -3.42. The molecule has 0 radical (unpaired) electrons. The number of amides is 1. The van der Waals surface area contributed by atoms with Crippen molar-refractivity contribution in [3.8, 4) is 22.9 Å². The minimum absolute atomic E-state index is 0.0772. The second-order valence-corrected chi connectivity index (χ2v) is 6.77. The van der Waals surface area contributed by atoms with Crippen LogP contribution in [0.15, 0.2) is 47.2 Å². The highest BCUT2D eigenvalue weighted by atomic mass is 16.7. The predicted octanol–water partition coefficient (Wildman–Crippen LogP) is 3.23. The van der Waals surface area contributed by atoms with E-state index in [0.29, 0.717) is 35.3 Å². The van der Waals surface area contributed by atoms with E-state index in [1.165, 1.54) is 0 Å². The topological polar surface area (TPSA) is 90.6 Å². The molecular formula is C20H18N4O4. The van der Waals surface area contributed by atoms with Crippen LogP contribution in [-0.4, -0.2) is 39.3 Å². The fourth-order valence-corrected chi connectivity index (χ4v) is 3.62. The third kappa shape index (κ3) is 2.96. The maximum Gasteiger partial charge on any atom is 0.254 e. The van der Waals surface area contributed by atoms with Gasteiger partial charge in [0, 0.05) is 30.1 Å². The van der Waals surface area contributed by atoms with Crippen LogP contribution in [0.3, 0.4) is 0 Å². The van der Waals surface area contributed by atoms with Crippen molar-refractivity contribution in [3.05, 3.63) is 54.2 Å². The van der Waals surface area contributed by atoms with Gasteiger partial charge in [-0.1, -0.05) is 5.16 Å². The lowest BCUT2D eigenvalue weighted by atomic mass is 10.0. The largest absolute Gasteiger partial charge is 0.454 e. The molecule has 28 heavy (non-hydrogen) atoms. The minimum atomic E-state index is -0.241. The van der Waals surface area contributed by atoms with Crippen LogP contribution in [0.4, 0.5) is 0 Å². The van der Waals surface area contributed by atoms with Gasteiger partial charge in [-0.2, -0.15) is 4.98 Å². The standard InChI is InChI=1S/C20H18N4O4/c25-20(14-4-5-16-17(11-14)27-12-26-16)24-10-2-1-3-15(24)19-22-18(23-28-19)13-6-8-21-9-7-13/h4-9,11,15H,1-3,10,12H2. The van der Waals surface area contributed by atoms with Crippen LogP contribution in [0.25, 0.3) is 11.4 Å². The minimum Gasteiger partial charge on any atom is -0.454 e. The van der Waals surface area contributed by atoms with E-state index >= 15 is 0 Å². The zero-order valence-electron chi connectivity index (χ0n) is 15.1. The summed E-state index contributed by atoms with van der Waals surface area (Å²) in [5.74, 6) is 2.13. The normalized spacial score (nSPS) is 18.3. The summed E-state index contributed by atoms with van der Waals surface area (Å²) >= 11 is 0. The molecule has 2 aromatic heterocycles. The van der Waals surface area contributed by atoms with Gasteiger partial charge >= 0.3 is 0 Å². The molecule has 0 aliphatic carbocycles. The number of fused-ring (bicyclic) bond motifs is 1. The zero-order chi connectivity index (χ0) is 18.9. The van der Waals surface area contributed by atoms with Gasteiger partial charge < -0.3 is 18.9 Å². The maximum absolute atomic E-state index is 13.2. The number of likely N-dealkylation sites (tertiary alicyclic amines) is 1. The van der Waals surface area contributed by atoms with E-state index in [1.54, 1.807) is 30.6 Å². The van der Waals surface area contributed by atoms with E-state index < -0.39 is 0 Å². The van der Waals surface area contributed by atoms with Crippen LogP contribution in [0, 0.1) is 0 Å². The number of rotatable bonds is 3. The van der Waals surface area contributed by atoms with Crippen molar-refractivity contribution in [1.29, 1.82) is 0 Å². The zero-order valence-corrected chi connectivity index (χ0v) is 15.1. The molecule has 142 valence electrons. The van der Waals surface area contributed by atoms with Gasteiger partial charge in [-0.3, -0.25) is 9.78 Å². The molecule has 4 heterocycles. The first-order chi connectivity index (χ1) is 13.8. The van der Waals surface area contributed by atoms with Crippen molar-refractivity contribution in [3.63, 3.8) is 0 Å². The lowest BCUT2D eigenvalue weighted by molar-refractivity contribution is 0.0561. The highest BCUT2D eigenvalue weighted by Gasteiger charge is 2.33. The first-order valence-electron chi connectivity index (χ1n) is 9.24. The third-order valence-electron chi connectivity index (χ3n) is 5.05. The second-order valence-electron chi connectivity index (χ2n) is 6.77. The monoisotopic (exact) mass is 378 g/mol. The van der Waals surface area contributed by atoms with Gasteiger partial charge in [0.1, 0.15) is 6.04 Å². The van der Waals surface area contributed by atoms with Gasteiger partial charge in [0.15, 0.2) is 11.5 Å². The number of hydrogen-bond donors (Lipinski definition) is 0. The smallest absolute Gasteiger partial charge is 0.254 e. The van der Waals surface area contributed by atoms with Crippen molar-refractivity contribution in [2.75, 3.05) is 13.3 Å². The molecule has 1 atom stereocenters. The van der Waals surface area contributed by atoms with Crippen molar-refractivity contribution in [1.82, 2.24) is 20.0 Å². The SMILES string of the molecule is O=C(c1ccc2c(c1)OCO2)N1CCCCC1c1nc(-c2ccncc2)no1. The number of nitrogens with zero attached hydrogens (tertiary/aromatic N) is 4. The molecule has 2 aliphatic heterocycles. The van der Waals surface area contributed by atoms with Crippen molar-refractivity contribution < 1.29 is 18.8 Å². The van der Waals surface area contributed by atoms with Gasteiger partial charge in [0.2, 0.25) is 18.5 Å². The van der Waals surface area contributed by atoms with E-state index in [2.05, 4.69) is 15.1 Å². The number of benzene rings is 1.